The Labute approximate surface area is 159 Å². The average Bonchev–Trinajstić information content (AvgIpc) is 3.18. The second-order valence-corrected chi connectivity index (χ2v) is 7.33. The summed E-state index contributed by atoms with van der Waals surface area (Å²) in [5, 5.41) is 3.75. The molecule has 0 amide bonds. The summed E-state index contributed by atoms with van der Waals surface area (Å²) in [6.07, 6.45) is 0. The van der Waals surface area contributed by atoms with Crippen molar-refractivity contribution < 1.29 is 13.5 Å². The molecule has 4 nitrogen and oxygen atoms in total. The van der Waals surface area contributed by atoms with E-state index < -0.39 is 0 Å². The van der Waals surface area contributed by atoms with Gasteiger partial charge >= 0.3 is 0 Å². The number of H-pyrrole nitrogens is 2. The molecule has 0 saturated carbocycles. The number of halogens is 2. The molecular formula is C22H19F2N3O. The third-order valence-corrected chi connectivity index (χ3v) is 5.13. The highest BCUT2D eigenvalue weighted by Gasteiger charge is 2.18. The summed E-state index contributed by atoms with van der Waals surface area (Å²) in [6, 6.07) is 11.5. The molecule has 0 unspecified atom stereocenters. The van der Waals surface area contributed by atoms with Crippen molar-refractivity contribution in [1.29, 1.82) is 0 Å². The molecule has 6 heteroatoms. The molecule has 0 aliphatic heterocycles. The van der Waals surface area contributed by atoms with Crippen LogP contribution >= 0.6 is 0 Å². The maximum atomic E-state index is 13.7. The molecular weight excluding hydrogens is 360 g/mol. The Bertz CT molecular complexity index is 1260. The van der Waals surface area contributed by atoms with Crippen molar-refractivity contribution in [3.63, 3.8) is 0 Å². The van der Waals surface area contributed by atoms with E-state index in [4.69, 9.17) is 4.74 Å². The molecule has 2 aromatic heterocycles. The van der Waals surface area contributed by atoms with E-state index in [2.05, 4.69) is 16.0 Å². The normalized spacial score (nSPS) is 12.2. The van der Waals surface area contributed by atoms with Crippen LogP contribution < -0.4 is 4.74 Å². The molecule has 0 spiro atoms. The average molecular weight is 379 g/mol. The van der Waals surface area contributed by atoms with Crippen molar-refractivity contribution in [1.82, 2.24) is 14.9 Å². The van der Waals surface area contributed by atoms with Crippen molar-refractivity contribution in [2.45, 2.75) is 0 Å². The molecule has 142 valence electrons. The van der Waals surface area contributed by atoms with Crippen LogP contribution in [-0.2, 0) is 0 Å². The number of fused-ring (bicyclic) bond motifs is 6. The van der Waals surface area contributed by atoms with Crippen LogP contribution in [0.15, 0.2) is 42.5 Å². The summed E-state index contributed by atoms with van der Waals surface area (Å²) in [5.74, 6) is 0.0869. The zero-order chi connectivity index (χ0) is 19.4. The molecule has 0 fully saturated rings. The maximum Gasteiger partial charge on any atom is 0.167 e. The van der Waals surface area contributed by atoms with Gasteiger partial charge in [0.05, 0.1) is 11.0 Å². The highest BCUT2D eigenvalue weighted by Crippen LogP contribution is 2.41. The molecule has 2 heterocycles. The summed E-state index contributed by atoms with van der Waals surface area (Å²) >= 11 is 0. The van der Waals surface area contributed by atoms with Gasteiger partial charge in [0, 0.05) is 39.1 Å². The lowest BCUT2D eigenvalue weighted by Crippen LogP contribution is -2.19. The fourth-order valence-electron chi connectivity index (χ4n) is 3.78. The molecule has 0 saturated heterocycles. The highest BCUT2D eigenvalue weighted by atomic mass is 19.1. The Morgan fingerprint density at radius 3 is 1.82 bits per heavy atom. The zero-order valence-corrected chi connectivity index (χ0v) is 15.6. The molecule has 2 N–H and O–H groups in total. The third-order valence-electron chi connectivity index (χ3n) is 5.13. The maximum absolute atomic E-state index is 13.7. The molecule has 5 rings (SSSR count). The smallest absolute Gasteiger partial charge is 0.167 e. The van der Waals surface area contributed by atoms with Gasteiger partial charge in [0.25, 0.3) is 0 Å². The lowest BCUT2D eigenvalue weighted by atomic mass is 10.1. The number of hydrogen-bond donors (Lipinski definition) is 2. The summed E-state index contributed by atoms with van der Waals surface area (Å²) in [6.45, 7) is 1.25. The fourth-order valence-corrected chi connectivity index (χ4v) is 3.78. The number of aromatic amines is 2. The standard InChI is InChI=1S/C22H19F2N3O/c1-27(2)7-8-28-22-20-16(14-5-3-12(23)9-18(14)25-20)11-17-15-6-4-13(24)10-19(15)26-21(17)22/h3-6,9-11,25-26H,7-8H2,1-2H3. The fraction of sp³-hybridized carbons (Fsp3) is 0.182. The van der Waals surface area contributed by atoms with Gasteiger partial charge in [0.1, 0.15) is 18.2 Å². The largest absolute Gasteiger partial charge is 0.488 e. The van der Waals surface area contributed by atoms with Crippen LogP contribution in [0.2, 0.25) is 0 Å². The van der Waals surface area contributed by atoms with Crippen LogP contribution in [0.1, 0.15) is 0 Å². The SMILES string of the molecule is CN(C)CCOc1c2[nH]c3cc(F)ccc3c2cc2c1[nH]c1cc(F)ccc12. The first kappa shape index (κ1) is 17.0. The molecule has 28 heavy (non-hydrogen) atoms. The number of nitrogens with one attached hydrogen (secondary N) is 2. The first-order valence-electron chi connectivity index (χ1n) is 9.13. The predicted molar refractivity (Wildman–Crippen MR) is 109 cm³/mol. The van der Waals surface area contributed by atoms with Gasteiger partial charge in [-0.1, -0.05) is 0 Å². The van der Waals surface area contributed by atoms with Crippen LogP contribution in [-0.4, -0.2) is 42.1 Å². The Morgan fingerprint density at radius 2 is 1.32 bits per heavy atom. The van der Waals surface area contributed by atoms with Gasteiger partial charge in [0.2, 0.25) is 0 Å². The van der Waals surface area contributed by atoms with E-state index in [1.165, 1.54) is 24.3 Å². The van der Waals surface area contributed by atoms with E-state index in [0.29, 0.717) is 12.4 Å². The van der Waals surface area contributed by atoms with Gasteiger partial charge in [-0.05, 0) is 56.6 Å². The minimum atomic E-state index is -0.291. The van der Waals surface area contributed by atoms with E-state index in [1.807, 2.05) is 19.0 Å². The topological polar surface area (TPSA) is 44.0 Å². The first-order chi connectivity index (χ1) is 13.5. The van der Waals surface area contributed by atoms with Crippen LogP contribution in [0.4, 0.5) is 8.78 Å². The quantitative estimate of drug-likeness (QED) is 0.452. The third kappa shape index (κ3) is 2.60. The zero-order valence-electron chi connectivity index (χ0n) is 15.6. The van der Waals surface area contributed by atoms with Crippen LogP contribution in [0.5, 0.6) is 5.75 Å². The Balaban J connectivity index is 1.84. The summed E-state index contributed by atoms with van der Waals surface area (Å²) in [7, 11) is 3.97. The van der Waals surface area contributed by atoms with Crippen LogP contribution in [0.3, 0.4) is 0 Å². The number of hydrogen-bond acceptors (Lipinski definition) is 2. The van der Waals surface area contributed by atoms with Gasteiger partial charge in [0.15, 0.2) is 5.75 Å². The summed E-state index contributed by atoms with van der Waals surface area (Å²) < 4.78 is 33.6. The Morgan fingerprint density at radius 1 is 0.786 bits per heavy atom. The molecule has 3 aromatic carbocycles. The lowest BCUT2D eigenvalue weighted by molar-refractivity contribution is 0.265. The Hall–Kier alpha value is -3.12. The van der Waals surface area contributed by atoms with Crippen molar-refractivity contribution in [2.75, 3.05) is 27.2 Å². The Kier molecular flexibility index (Phi) is 3.77. The van der Waals surface area contributed by atoms with E-state index in [9.17, 15) is 8.78 Å². The monoisotopic (exact) mass is 379 g/mol. The van der Waals surface area contributed by atoms with E-state index in [1.54, 1.807) is 12.1 Å². The van der Waals surface area contributed by atoms with E-state index in [-0.39, 0.29) is 11.6 Å². The molecule has 0 aliphatic rings. The number of aromatic nitrogens is 2. The van der Waals surface area contributed by atoms with E-state index >= 15 is 0 Å². The first-order valence-corrected chi connectivity index (χ1v) is 9.13. The molecule has 0 atom stereocenters. The van der Waals surface area contributed by atoms with Crippen molar-refractivity contribution in [2.24, 2.45) is 0 Å². The van der Waals surface area contributed by atoms with Gasteiger partial charge in [-0.2, -0.15) is 0 Å². The lowest BCUT2D eigenvalue weighted by Gasteiger charge is -2.12. The van der Waals surface area contributed by atoms with Gasteiger partial charge in [-0.15, -0.1) is 0 Å². The number of rotatable bonds is 4. The number of likely N-dealkylation sites (N-methyl/N-ethyl adjacent to an activating group) is 1. The van der Waals surface area contributed by atoms with Crippen LogP contribution in [0.25, 0.3) is 43.6 Å². The molecule has 0 radical (unpaired) electrons. The van der Waals surface area contributed by atoms with Gasteiger partial charge < -0.3 is 19.6 Å². The van der Waals surface area contributed by atoms with Gasteiger partial charge in [-0.25, -0.2) is 8.78 Å². The highest BCUT2D eigenvalue weighted by molar-refractivity contribution is 6.20. The second kappa shape index (κ2) is 6.21. The number of benzene rings is 3. The van der Waals surface area contributed by atoms with Crippen molar-refractivity contribution in [3.05, 3.63) is 54.1 Å². The molecule has 0 aliphatic carbocycles. The number of ether oxygens (including phenoxy) is 1. The summed E-state index contributed by atoms with van der Waals surface area (Å²) in [5.41, 5.74) is 3.05. The molecule has 5 aromatic rings. The van der Waals surface area contributed by atoms with Crippen LogP contribution in [0, 0.1) is 11.6 Å². The van der Waals surface area contributed by atoms with Crippen molar-refractivity contribution >= 4 is 43.6 Å². The molecule has 0 bridgehead atoms. The minimum Gasteiger partial charge on any atom is -0.488 e. The summed E-state index contributed by atoms with van der Waals surface area (Å²) in [4.78, 5) is 8.64. The predicted octanol–water partition coefficient (Wildman–Crippen LogP) is 5.17. The van der Waals surface area contributed by atoms with Gasteiger partial charge in [-0.3, -0.25) is 0 Å². The van der Waals surface area contributed by atoms with E-state index in [0.717, 1.165) is 50.2 Å². The number of nitrogens with zero attached hydrogens (tertiary/aromatic N) is 1. The second-order valence-electron chi connectivity index (χ2n) is 7.33. The minimum absolute atomic E-state index is 0.291. The van der Waals surface area contributed by atoms with Crippen molar-refractivity contribution in [3.8, 4) is 5.75 Å².